The summed E-state index contributed by atoms with van der Waals surface area (Å²) < 4.78 is 4.71. The minimum atomic E-state index is -0.532. The lowest BCUT2D eigenvalue weighted by atomic mass is 10.1. The molecule has 19 heavy (non-hydrogen) atoms. The van der Waals surface area contributed by atoms with Crippen LogP contribution in [0.5, 0.6) is 0 Å². The van der Waals surface area contributed by atoms with Crippen molar-refractivity contribution < 1.29 is 14.3 Å². The van der Waals surface area contributed by atoms with Gasteiger partial charge in [0.05, 0.1) is 17.7 Å². The smallest absolute Gasteiger partial charge is 0.328 e. The first-order chi connectivity index (χ1) is 9.04. The molecule has 2 N–H and O–H groups in total. The zero-order valence-corrected chi connectivity index (χ0v) is 11.3. The highest BCUT2D eigenvalue weighted by atomic mass is 35.5. The summed E-state index contributed by atoms with van der Waals surface area (Å²) in [7, 11) is 1.32. The number of nitrogens with zero attached hydrogens (tertiary/aromatic N) is 1. The highest BCUT2D eigenvalue weighted by Gasteiger charge is 2.35. The third kappa shape index (κ3) is 2.66. The predicted octanol–water partition coefficient (Wildman–Crippen LogP) is 1.70. The lowest BCUT2D eigenvalue weighted by Gasteiger charge is -2.23. The standard InChI is InChI=1S/C13H15ClN2O3/c1-19-13(18)11-3-2-6-16(11)12(17)9-7-8(15)4-5-10(9)14/h4-5,7,11H,2-3,6,15H2,1H3. The molecular weight excluding hydrogens is 268 g/mol. The van der Waals surface area contributed by atoms with Crippen LogP contribution in [0, 0.1) is 0 Å². The second kappa shape index (κ2) is 5.48. The van der Waals surface area contributed by atoms with Crippen LogP contribution in [0.1, 0.15) is 23.2 Å². The average Bonchev–Trinajstić information content (AvgIpc) is 2.89. The van der Waals surface area contributed by atoms with Gasteiger partial charge < -0.3 is 15.4 Å². The molecule has 0 radical (unpaired) electrons. The van der Waals surface area contributed by atoms with Crippen LogP contribution in [0.15, 0.2) is 18.2 Å². The van der Waals surface area contributed by atoms with Gasteiger partial charge in [0.1, 0.15) is 6.04 Å². The van der Waals surface area contributed by atoms with E-state index in [9.17, 15) is 9.59 Å². The van der Waals surface area contributed by atoms with Gasteiger partial charge in [-0.25, -0.2) is 4.79 Å². The van der Waals surface area contributed by atoms with Crippen molar-refractivity contribution in [2.45, 2.75) is 18.9 Å². The molecule has 102 valence electrons. The van der Waals surface area contributed by atoms with Gasteiger partial charge in [-0.1, -0.05) is 11.6 Å². The normalized spacial score (nSPS) is 18.4. The Bertz CT molecular complexity index is 519. The van der Waals surface area contributed by atoms with Gasteiger partial charge in [-0.3, -0.25) is 4.79 Å². The van der Waals surface area contributed by atoms with Crippen LogP contribution < -0.4 is 5.73 Å². The zero-order valence-electron chi connectivity index (χ0n) is 10.6. The molecule has 0 aliphatic carbocycles. The summed E-state index contributed by atoms with van der Waals surface area (Å²) in [6, 6.07) is 4.20. The van der Waals surface area contributed by atoms with E-state index >= 15 is 0 Å². The van der Waals surface area contributed by atoms with Crippen molar-refractivity contribution >= 4 is 29.2 Å². The minimum absolute atomic E-state index is 0.287. The van der Waals surface area contributed by atoms with Gasteiger partial charge in [-0.2, -0.15) is 0 Å². The van der Waals surface area contributed by atoms with Gasteiger partial charge in [-0.05, 0) is 31.0 Å². The topological polar surface area (TPSA) is 72.6 Å². The van der Waals surface area contributed by atoms with Crippen molar-refractivity contribution in [3.8, 4) is 0 Å². The molecule has 1 atom stereocenters. The first-order valence-corrected chi connectivity index (χ1v) is 6.36. The van der Waals surface area contributed by atoms with Crippen LogP contribution in [0.3, 0.4) is 0 Å². The summed E-state index contributed by atoms with van der Waals surface area (Å²) in [5.41, 5.74) is 6.44. The van der Waals surface area contributed by atoms with Crippen LogP contribution >= 0.6 is 11.6 Å². The summed E-state index contributed by atoms with van der Waals surface area (Å²) >= 11 is 6.01. The Balaban J connectivity index is 2.28. The fourth-order valence-electron chi connectivity index (χ4n) is 2.25. The number of carbonyl (C=O) groups is 2. The highest BCUT2D eigenvalue weighted by molar-refractivity contribution is 6.34. The summed E-state index contributed by atoms with van der Waals surface area (Å²) in [6.07, 6.45) is 1.38. The first kappa shape index (κ1) is 13.7. The van der Waals surface area contributed by atoms with E-state index < -0.39 is 12.0 Å². The fraction of sp³-hybridized carbons (Fsp3) is 0.385. The number of esters is 1. The fourth-order valence-corrected chi connectivity index (χ4v) is 2.45. The summed E-state index contributed by atoms with van der Waals surface area (Å²) in [4.78, 5) is 25.6. The molecule has 0 spiro atoms. The summed E-state index contributed by atoms with van der Waals surface area (Å²) in [5, 5.41) is 0.328. The SMILES string of the molecule is COC(=O)C1CCCN1C(=O)c1cc(N)ccc1Cl. The number of nitrogens with two attached hydrogens (primary N) is 1. The zero-order chi connectivity index (χ0) is 14.0. The third-order valence-electron chi connectivity index (χ3n) is 3.21. The van der Waals surface area contributed by atoms with Gasteiger partial charge in [0.25, 0.3) is 5.91 Å². The summed E-state index contributed by atoms with van der Waals surface area (Å²) in [5.74, 6) is -0.684. The number of likely N-dealkylation sites (tertiary alicyclic amines) is 1. The molecular formula is C13H15ClN2O3. The van der Waals surface area contributed by atoms with Crippen molar-refractivity contribution in [2.24, 2.45) is 0 Å². The van der Waals surface area contributed by atoms with Crippen LogP contribution in [0.4, 0.5) is 5.69 Å². The largest absolute Gasteiger partial charge is 0.467 e. The van der Waals surface area contributed by atoms with E-state index in [0.717, 1.165) is 6.42 Å². The molecule has 1 fully saturated rings. The second-order valence-electron chi connectivity index (χ2n) is 4.42. The Kier molecular flexibility index (Phi) is 3.95. The quantitative estimate of drug-likeness (QED) is 0.662. The summed E-state index contributed by atoms with van der Waals surface area (Å²) in [6.45, 7) is 0.518. The van der Waals surface area contributed by atoms with E-state index in [4.69, 9.17) is 22.1 Å². The lowest BCUT2D eigenvalue weighted by Crippen LogP contribution is -2.41. The molecule has 0 saturated carbocycles. The average molecular weight is 283 g/mol. The monoisotopic (exact) mass is 282 g/mol. The molecule has 5 nitrogen and oxygen atoms in total. The van der Waals surface area contributed by atoms with E-state index in [-0.39, 0.29) is 5.91 Å². The minimum Gasteiger partial charge on any atom is -0.467 e. The molecule has 1 amide bonds. The van der Waals surface area contributed by atoms with E-state index in [0.29, 0.717) is 29.2 Å². The van der Waals surface area contributed by atoms with Crippen molar-refractivity contribution in [1.29, 1.82) is 0 Å². The number of hydrogen-bond donors (Lipinski definition) is 1. The molecule has 1 saturated heterocycles. The molecule has 1 aliphatic heterocycles. The maximum Gasteiger partial charge on any atom is 0.328 e. The van der Waals surface area contributed by atoms with Crippen molar-refractivity contribution in [3.05, 3.63) is 28.8 Å². The van der Waals surface area contributed by atoms with E-state index in [1.54, 1.807) is 12.1 Å². The van der Waals surface area contributed by atoms with Gasteiger partial charge in [0, 0.05) is 12.2 Å². The van der Waals surface area contributed by atoms with Crippen LogP contribution in [-0.2, 0) is 9.53 Å². The Morgan fingerprint density at radius 3 is 2.89 bits per heavy atom. The number of benzene rings is 1. The Hall–Kier alpha value is -1.75. The number of rotatable bonds is 2. The maximum absolute atomic E-state index is 12.4. The van der Waals surface area contributed by atoms with Crippen LogP contribution in [0.2, 0.25) is 5.02 Å². The van der Waals surface area contributed by atoms with Crippen molar-refractivity contribution in [1.82, 2.24) is 4.90 Å². The van der Waals surface area contributed by atoms with E-state index in [1.165, 1.54) is 18.1 Å². The number of nitrogen functional groups attached to an aromatic ring is 1. The Morgan fingerprint density at radius 2 is 2.21 bits per heavy atom. The van der Waals surface area contributed by atoms with Gasteiger partial charge in [-0.15, -0.1) is 0 Å². The predicted molar refractivity (Wildman–Crippen MR) is 71.9 cm³/mol. The first-order valence-electron chi connectivity index (χ1n) is 5.98. The number of ether oxygens (including phenoxy) is 1. The molecule has 0 bridgehead atoms. The van der Waals surface area contributed by atoms with Gasteiger partial charge >= 0.3 is 5.97 Å². The second-order valence-corrected chi connectivity index (χ2v) is 4.83. The molecule has 2 rings (SSSR count). The van der Waals surface area contributed by atoms with Crippen LogP contribution in [-0.4, -0.2) is 36.5 Å². The number of carbonyl (C=O) groups excluding carboxylic acids is 2. The van der Waals surface area contributed by atoms with Crippen molar-refractivity contribution in [3.63, 3.8) is 0 Å². The third-order valence-corrected chi connectivity index (χ3v) is 3.54. The Morgan fingerprint density at radius 1 is 1.47 bits per heavy atom. The number of hydrogen-bond acceptors (Lipinski definition) is 4. The van der Waals surface area contributed by atoms with E-state index in [2.05, 4.69) is 0 Å². The van der Waals surface area contributed by atoms with Crippen molar-refractivity contribution in [2.75, 3.05) is 19.4 Å². The van der Waals surface area contributed by atoms with Gasteiger partial charge in [0.15, 0.2) is 0 Å². The lowest BCUT2D eigenvalue weighted by molar-refractivity contribution is -0.145. The molecule has 1 aliphatic rings. The number of anilines is 1. The molecule has 1 aromatic carbocycles. The molecule has 0 aromatic heterocycles. The number of halogens is 1. The number of amides is 1. The molecule has 1 heterocycles. The molecule has 1 unspecified atom stereocenters. The van der Waals surface area contributed by atoms with Gasteiger partial charge in [0.2, 0.25) is 0 Å². The maximum atomic E-state index is 12.4. The van der Waals surface area contributed by atoms with Crippen LogP contribution in [0.25, 0.3) is 0 Å². The molecule has 1 aromatic rings. The van der Waals surface area contributed by atoms with E-state index in [1.807, 2.05) is 0 Å². The number of methoxy groups -OCH3 is 1. The Labute approximate surface area is 116 Å². The molecule has 6 heteroatoms. The highest BCUT2D eigenvalue weighted by Crippen LogP contribution is 2.25.